The predicted octanol–water partition coefficient (Wildman–Crippen LogP) is 2.51. The Morgan fingerprint density at radius 1 is 1.00 bits per heavy atom. The fourth-order valence-electron chi connectivity index (χ4n) is 1.76. The maximum absolute atomic E-state index is 13.1. The lowest BCUT2D eigenvalue weighted by atomic mass is 10.0. The molecule has 104 valence electrons. The molecule has 0 aromatic heterocycles. The Balaban J connectivity index is 2.28. The van der Waals surface area contributed by atoms with Crippen LogP contribution in [0.15, 0.2) is 30.3 Å². The largest absolute Gasteiger partial charge is 0.508 e. The number of hydrogen-bond donors (Lipinski definition) is 3. The second-order valence-electron chi connectivity index (χ2n) is 4.21. The maximum Gasteiger partial charge on any atom is 0.187 e. The van der Waals surface area contributed by atoms with Crippen molar-refractivity contribution >= 4 is 5.78 Å². The molecule has 0 saturated heterocycles. The van der Waals surface area contributed by atoms with Crippen molar-refractivity contribution in [1.82, 2.24) is 0 Å². The summed E-state index contributed by atoms with van der Waals surface area (Å²) in [5.41, 5.74) is -0.0491. The first-order chi connectivity index (χ1) is 9.38. The molecule has 0 atom stereocenters. The molecule has 0 saturated carbocycles. The van der Waals surface area contributed by atoms with Gasteiger partial charge in [-0.2, -0.15) is 0 Å². The van der Waals surface area contributed by atoms with Crippen LogP contribution in [0.2, 0.25) is 0 Å². The van der Waals surface area contributed by atoms with Crippen LogP contribution in [-0.4, -0.2) is 21.1 Å². The predicted molar refractivity (Wildman–Crippen MR) is 65.8 cm³/mol. The number of phenols is 3. The van der Waals surface area contributed by atoms with E-state index in [4.69, 9.17) is 10.2 Å². The molecule has 2 aromatic rings. The zero-order chi connectivity index (χ0) is 14.9. The number of rotatable bonds is 3. The SMILES string of the molecule is O=C(Cc1cc(F)c(O)c(F)c1)c1ccc(O)cc1O. The molecule has 2 aromatic carbocycles. The molecule has 3 N–H and O–H groups in total. The van der Waals surface area contributed by atoms with Crippen molar-refractivity contribution in [1.29, 1.82) is 0 Å². The molecule has 0 unspecified atom stereocenters. The van der Waals surface area contributed by atoms with E-state index in [0.717, 1.165) is 18.2 Å². The average Bonchev–Trinajstić information content (AvgIpc) is 2.35. The Bertz CT molecular complexity index is 660. The first-order valence-electron chi connectivity index (χ1n) is 5.60. The smallest absolute Gasteiger partial charge is 0.187 e. The van der Waals surface area contributed by atoms with Gasteiger partial charge in [0.15, 0.2) is 23.2 Å². The number of halogens is 2. The van der Waals surface area contributed by atoms with Gasteiger partial charge in [-0.3, -0.25) is 4.79 Å². The van der Waals surface area contributed by atoms with E-state index in [9.17, 15) is 18.7 Å². The molecule has 20 heavy (non-hydrogen) atoms. The van der Waals surface area contributed by atoms with Crippen LogP contribution in [0.4, 0.5) is 8.78 Å². The molecule has 0 fully saturated rings. The third-order valence-electron chi connectivity index (χ3n) is 2.72. The highest BCUT2D eigenvalue weighted by Crippen LogP contribution is 2.26. The lowest BCUT2D eigenvalue weighted by Crippen LogP contribution is -2.04. The highest BCUT2D eigenvalue weighted by molar-refractivity contribution is 6.00. The van der Waals surface area contributed by atoms with Crippen molar-refractivity contribution < 1.29 is 28.9 Å². The molecule has 0 aliphatic carbocycles. The zero-order valence-electron chi connectivity index (χ0n) is 10.1. The van der Waals surface area contributed by atoms with Gasteiger partial charge in [0.25, 0.3) is 0 Å². The van der Waals surface area contributed by atoms with Crippen molar-refractivity contribution in [2.45, 2.75) is 6.42 Å². The summed E-state index contributed by atoms with van der Waals surface area (Å²) in [5.74, 6) is -4.64. The second-order valence-corrected chi connectivity index (χ2v) is 4.21. The molecule has 0 aliphatic rings. The van der Waals surface area contributed by atoms with Crippen molar-refractivity contribution in [3.8, 4) is 17.2 Å². The number of carbonyl (C=O) groups excluding carboxylic acids is 1. The van der Waals surface area contributed by atoms with E-state index in [1.54, 1.807) is 0 Å². The number of Topliss-reactive ketones (excluding diaryl/α,β-unsaturated/α-hetero) is 1. The number of ketones is 1. The van der Waals surface area contributed by atoms with Crippen LogP contribution in [0.1, 0.15) is 15.9 Å². The summed E-state index contributed by atoms with van der Waals surface area (Å²) in [6.07, 6.45) is -0.355. The minimum atomic E-state index is -1.16. The van der Waals surface area contributed by atoms with Gasteiger partial charge in [-0.25, -0.2) is 8.78 Å². The molecule has 0 amide bonds. The number of phenolic OH excluding ortho intramolecular Hbond substituents is 3. The monoisotopic (exact) mass is 280 g/mol. The van der Waals surface area contributed by atoms with Crippen LogP contribution < -0.4 is 0 Å². The maximum atomic E-state index is 13.1. The van der Waals surface area contributed by atoms with Gasteiger partial charge in [-0.1, -0.05) is 0 Å². The molecule has 0 aliphatic heterocycles. The van der Waals surface area contributed by atoms with Gasteiger partial charge in [-0.05, 0) is 29.8 Å². The quantitative estimate of drug-likeness (QED) is 0.755. The average molecular weight is 280 g/mol. The van der Waals surface area contributed by atoms with Crippen LogP contribution in [0.5, 0.6) is 17.2 Å². The first-order valence-corrected chi connectivity index (χ1v) is 5.60. The summed E-state index contributed by atoms with van der Waals surface area (Å²) in [5, 5.41) is 27.6. The second kappa shape index (κ2) is 5.16. The van der Waals surface area contributed by atoms with E-state index in [1.807, 2.05) is 0 Å². The summed E-state index contributed by atoms with van der Waals surface area (Å²) >= 11 is 0. The Labute approximate surface area is 112 Å². The molecule has 0 bridgehead atoms. The Morgan fingerprint density at radius 2 is 1.60 bits per heavy atom. The Hall–Kier alpha value is -2.63. The third kappa shape index (κ3) is 2.69. The van der Waals surface area contributed by atoms with Crippen molar-refractivity contribution in [3.05, 3.63) is 53.1 Å². The fourth-order valence-corrected chi connectivity index (χ4v) is 1.76. The minimum absolute atomic E-state index is 0.0234. The van der Waals surface area contributed by atoms with Crippen LogP contribution >= 0.6 is 0 Å². The summed E-state index contributed by atoms with van der Waals surface area (Å²) in [6.45, 7) is 0. The van der Waals surface area contributed by atoms with Crippen molar-refractivity contribution in [2.75, 3.05) is 0 Å². The standard InChI is InChI=1S/C14H10F2O4/c15-10-3-7(4-11(16)14(10)20)5-12(18)9-2-1-8(17)6-13(9)19/h1-4,6,17,19-20H,5H2. The summed E-state index contributed by atoms with van der Waals surface area (Å²) in [7, 11) is 0. The van der Waals surface area contributed by atoms with Crippen molar-refractivity contribution in [2.24, 2.45) is 0 Å². The molecule has 6 heteroatoms. The lowest BCUT2D eigenvalue weighted by Gasteiger charge is -2.06. The third-order valence-corrected chi connectivity index (χ3v) is 2.72. The van der Waals surface area contributed by atoms with E-state index in [1.165, 1.54) is 12.1 Å². The van der Waals surface area contributed by atoms with Crippen LogP contribution in [-0.2, 0) is 6.42 Å². The molecule has 0 radical (unpaired) electrons. The van der Waals surface area contributed by atoms with Crippen LogP contribution in [0.25, 0.3) is 0 Å². The topological polar surface area (TPSA) is 77.8 Å². The molecular formula is C14H10F2O4. The summed E-state index contributed by atoms with van der Waals surface area (Å²) in [4.78, 5) is 11.9. The molecule has 0 spiro atoms. The van der Waals surface area contributed by atoms with E-state index in [2.05, 4.69) is 0 Å². The van der Waals surface area contributed by atoms with Gasteiger partial charge in [0.05, 0.1) is 5.56 Å². The highest BCUT2D eigenvalue weighted by Gasteiger charge is 2.15. The molecule has 2 rings (SSSR count). The van der Waals surface area contributed by atoms with Gasteiger partial charge >= 0.3 is 0 Å². The summed E-state index contributed by atoms with van der Waals surface area (Å²) in [6, 6.07) is 5.10. The molecule has 0 heterocycles. The zero-order valence-corrected chi connectivity index (χ0v) is 10.1. The Kier molecular flexibility index (Phi) is 3.56. The van der Waals surface area contributed by atoms with E-state index in [0.29, 0.717) is 0 Å². The van der Waals surface area contributed by atoms with Gasteiger partial charge < -0.3 is 15.3 Å². The van der Waals surface area contributed by atoms with Gasteiger partial charge in [-0.15, -0.1) is 0 Å². The Morgan fingerprint density at radius 3 is 2.15 bits per heavy atom. The normalized spacial score (nSPS) is 10.5. The summed E-state index contributed by atoms with van der Waals surface area (Å²) < 4.78 is 26.3. The van der Waals surface area contributed by atoms with Gasteiger partial charge in [0.1, 0.15) is 11.5 Å². The van der Waals surface area contributed by atoms with Crippen molar-refractivity contribution in [3.63, 3.8) is 0 Å². The number of hydrogen-bond acceptors (Lipinski definition) is 4. The van der Waals surface area contributed by atoms with Gasteiger partial charge in [0, 0.05) is 12.5 Å². The van der Waals surface area contributed by atoms with E-state index < -0.39 is 28.9 Å². The van der Waals surface area contributed by atoms with Crippen LogP contribution in [0, 0.1) is 11.6 Å². The van der Waals surface area contributed by atoms with E-state index in [-0.39, 0.29) is 23.3 Å². The van der Waals surface area contributed by atoms with Gasteiger partial charge in [0.2, 0.25) is 0 Å². The fraction of sp³-hybridized carbons (Fsp3) is 0.0714. The molecule has 4 nitrogen and oxygen atoms in total. The van der Waals surface area contributed by atoms with E-state index >= 15 is 0 Å². The van der Waals surface area contributed by atoms with Crippen LogP contribution in [0.3, 0.4) is 0 Å². The number of benzene rings is 2. The number of aromatic hydroxyl groups is 3. The highest BCUT2D eigenvalue weighted by atomic mass is 19.1. The number of carbonyl (C=O) groups is 1. The first kappa shape index (κ1) is 13.8. The minimum Gasteiger partial charge on any atom is -0.508 e. The molecular weight excluding hydrogens is 270 g/mol. The lowest BCUT2D eigenvalue weighted by molar-refractivity contribution is 0.0990.